The first-order valence-electron chi connectivity index (χ1n) is 21.4. The van der Waals surface area contributed by atoms with Gasteiger partial charge in [-0.25, -0.2) is 13.4 Å². The Bertz CT molecular complexity index is 2280. The molecule has 1 N–H and O–H groups in total. The minimum absolute atomic E-state index is 0.0413. The zero-order valence-electron chi connectivity index (χ0n) is 34.1. The molecule has 3 aliphatic carbocycles. The van der Waals surface area contributed by atoms with E-state index in [0.717, 1.165) is 65.4 Å². The van der Waals surface area contributed by atoms with Crippen LogP contribution in [0.15, 0.2) is 67.3 Å². The second-order valence-electron chi connectivity index (χ2n) is 17.7. The number of allylic oxidation sites excluding steroid dienone is 2. The summed E-state index contributed by atoms with van der Waals surface area (Å²) in [5.41, 5.74) is 3.12. The molecule has 5 aliphatic rings. The van der Waals surface area contributed by atoms with Crippen LogP contribution in [0.3, 0.4) is 0 Å². The molecule has 312 valence electrons. The fourth-order valence-corrected chi connectivity index (χ4v) is 10.9. The van der Waals surface area contributed by atoms with Crippen LogP contribution in [0.5, 0.6) is 5.75 Å². The minimum atomic E-state index is -3.86. The Balaban J connectivity index is 1.18. The lowest BCUT2D eigenvalue weighted by molar-refractivity contribution is -0.153. The van der Waals surface area contributed by atoms with Crippen molar-refractivity contribution in [1.82, 2.24) is 14.6 Å². The number of ether oxygens (including phenoxy) is 2. The van der Waals surface area contributed by atoms with Gasteiger partial charge in [-0.3, -0.25) is 23.9 Å². The quantitative estimate of drug-likeness (QED) is 0.171. The number of carbonyl (C=O) groups excluding carboxylic acids is 4. The highest BCUT2D eigenvalue weighted by Gasteiger charge is 2.61. The SMILES string of the molecule is C=C[C@@H]1C[C@]1(CC(=O)[C@@H]1C[C@@H]2CN1C(=O)[C@H](C1CCCCC1)CC(=O)OCC(C)C/C=C/c1cc3c(cc(-c4ccccc4)nc3cc1C)O2)C(=O)NS(=O)(=O)C1CC1. The number of benzene rings is 2. The number of hydrogen-bond acceptors (Lipinski definition) is 9. The van der Waals surface area contributed by atoms with E-state index in [-0.39, 0.29) is 68.3 Å². The molecule has 2 aromatic carbocycles. The summed E-state index contributed by atoms with van der Waals surface area (Å²) < 4.78 is 40.8. The van der Waals surface area contributed by atoms with Gasteiger partial charge in [0.2, 0.25) is 21.8 Å². The van der Waals surface area contributed by atoms with Gasteiger partial charge in [0.15, 0.2) is 5.78 Å². The van der Waals surface area contributed by atoms with E-state index in [1.54, 1.807) is 11.0 Å². The number of carbonyl (C=O) groups is 4. The lowest BCUT2D eigenvalue weighted by Gasteiger charge is -2.34. The second kappa shape index (κ2) is 16.7. The first-order chi connectivity index (χ1) is 28.3. The van der Waals surface area contributed by atoms with E-state index in [9.17, 15) is 22.8 Å². The van der Waals surface area contributed by atoms with Crippen molar-refractivity contribution in [3.05, 3.63) is 78.4 Å². The van der Waals surface area contributed by atoms with Crippen molar-refractivity contribution in [3.8, 4) is 17.0 Å². The molecule has 3 aromatic rings. The van der Waals surface area contributed by atoms with Crippen molar-refractivity contribution in [1.29, 1.82) is 0 Å². The van der Waals surface area contributed by atoms with Gasteiger partial charge in [0.1, 0.15) is 11.9 Å². The van der Waals surface area contributed by atoms with Crippen LogP contribution in [0.25, 0.3) is 28.2 Å². The number of nitrogens with zero attached hydrogens (tertiary/aromatic N) is 2. The zero-order valence-corrected chi connectivity index (χ0v) is 34.9. The number of amides is 2. The smallest absolute Gasteiger partial charge is 0.306 e. The molecule has 4 bridgehead atoms. The van der Waals surface area contributed by atoms with Crippen LogP contribution in [0, 0.1) is 36.0 Å². The average Bonchev–Trinajstić information content (AvgIpc) is 4.16. The van der Waals surface area contributed by atoms with Crippen molar-refractivity contribution in [2.45, 2.75) is 108 Å². The molecule has 1 aromatic heterocycles. The Morgan fingerprint density at radius 2 is 1.81 bits per heavy atom. The van der Waals surface area contributed by atoms with Crippen LogP contribution < -0.4 is 9.46 Å². The third-order valence-corrected chi connectivity index (χ3v) is 15.1. The Hall–Kier alpha value is -4.84. The van der Waals surface area contributed by atoms with Crippen LogP contribution in [0.4, 0.5) is 0 Å². The van der Waals surface area contributed by atoms with Crippen LogP contribution >= 0.6 is 0 Å². The van der Waals surface area contributed by atoms with Gasteiger partial charge in [-0.2, -0.15) is 0 Å². The standard InChI is InChI=1S/C47H55N3O8S/c1-4-34-25-47(34,46(54)49-59(55,56)36-18-19-36)26-42(51)41-22-35-27-50(41)45(53)37(31-13-7-5-8-14-31)23-44(52)57-28-29(2)12-11-17-33-21-38-40(20-30(33)3)48-39(24-43(38)58-35)32-15-9-6-10-16-32/h4,6,9-11,15-17,20-21,24,29,31,34-37,41H,1,5,7-8,12-14,18-19,22-23,25-28H2,2-3H3,(H,49,54)/b17-11+/t29?,34-,35-,37+,41+,47-/m1/s1. The summed E-state index contributed by atoms with van der Waals surface area (Å²) in [6.45, 7) is 8.25. The molecule has 1 saturated heterocycles. The number of nitrogens with one attached hydrogen (secondary N) is 1. The maximum absolute atomic E-state index is 15.1. The molecule has 3 heterocycles. The van der Waals surface area contributed by atoms with Crippen LogP contribution in [-0.4, -0.2) is 72.4 Å². The number of sulfonamides is 1. The lowest BCUT2D eigenvalue weighted by Crippen LogP contribution is -2.48. The Morgan fingerprint density at radius 1 is 1.05 bits per heavy atom. The Kier molecular flexibility index (Phi) is 11.6. The molecule has 2 amide bonds. The first-order valence-corrected chi connectivity index (χ1v) is 22.9. The summed E-state index contributed by atoms with van der Waals surface area (Å²) in [6, 6.07) is 14.9. The van der Waals surface area contributed by atoms with Gasteiger partial charge < -0.3 is 14.4 Å². The van der Waals surface area contributed by atoms with E-state index in [4.69, 9.17) is 14.5 Å². The van der Waals surface area contributed by atoms with Gasteiger partial charge in [-0.15, -0.1) is 6.58 Å². The Labute approximate surface area is 347 Å². The highest BCUT2D eigenvalue weighted by molar-refractivity contribution is 7.90. The van der Waals surface area contributed by atoms with Crippen molar-refractivity contribution in [3.63, 3.8) is 0 Å². The number of fused-ring (bicyclic) bond motifs is 3. The van der Waals surface area contributed by atoms with Crippen LogP contribution in [0.2, 0.25) is 0 Å². The predicted molar refractivity (Wildman–Crippen MR) is 225 cm³/mol. The van der Waals surface area contributed by atoms with Gasteiger partial charge in [0, 0.05) is 29.9 Å². The van der Waals surface area contributed by atoms with Gasteiger partial charge in [0.05, 0.1) is 53.4 Å². The number of cyclic esters (lactones) is 1. The van der Waals surface area contributed by atoms with E-state index in [0.29, 0.717) is 25.0 Å². The molecular weight excluding hydrogens is 767 g/mol. The third kappa shape index (κ3) is 8.74. The Morgan fingerprint density at radius 3 is 2.53 bits per heavy atom. The highest BCUT2D eigenvalue weighted by atomic mass is 32.2. The molecule has 59 heavy (non-hydrogen) atoms. The maximum Gasteiger partial charge on any atom is 0.306 e. The van der Waals surface area contributed by atoms with Gasteiger partial charge >= 0.3 is 5.97 Å². The number of aryl methyl sites for hydroxylation is 1. The topological polar surface area (TPSA) is 149 Å². The average molecular weight is 822 g/mol. The summed E-state index contributed by atoms with van der Waals surface area (Å²) in [5, 5.41) is 0.193. The largest absolute Gasteiger partial charge is 0.488 e. The number of ketones is 1. The number of aromatic nitrogens is 1. The molecule has 0 spiro atoms. The summed E-state index contributed by atoms with van der Waals surface area (Å²) in [6.07, 6.45) is 11.5. The number of hydrogen-bond donors (Lipinski definition) is 1. The van der Waals surface area contributed by atoms with Crippen LogP contribution in [-0.2, 0) is 33.9 Å². The monoisotopic (exact) mass is 821 g/mol. The lowest BCUT2D eigenvalue weighted by atomic mass is 9.77. The third-order valence-electron chi connectivity index (χ3n) is 13.3. The van der Waals surface area contributed by atoms with E-state index in [1.807, 2.05) is 56.3 Å². The first kappa shape index (κ1) is 40.9. The van der Waals surface area contributed by atoms with E-state index in [1.165, 1.54) is 0 Å². The molecule has 11 nitrogen and oxygen atoms in total. The summed E-state index contributed by atoms with van der Waals surface area (Å²) in [7, 11) is -3.86. The normalized spacial score (nSPS) is 28.6. The predicted octanol–water partition coefficient (Wildman–Crippen LogP) is 7.50. The minimum Gasteiger partial charge on any atom is -0.488 e. The molecule has 4 fully saturated rings. The molecular formula is C47H55N3O8S. The maximum atomic E-state index is 15.1. The summed E-state index contributed by atoms with van der Waals surface area (Å²) >= 11 is 0. The number of Topliss-reactive ketones (excluding diaryl/α,β-unsaturated/α-hetero) is 1. The summed E-state index contributed by atoms with van der Waals surface area (Å²) in [5.74, 6) is -2.28. The zero-order chi connectivity index (χ0) is 41.5. The fourth-order valence-electron chi connectivity index (χ4n) is 9.49. The van der Waals surface area contributed by atoms with Gasteiger partial charge in [-0.1, -0.05) is 74.7 Å². The number of rotatable bonds is 9. The van der Waals surface area contributed by atoms with Gasteiger partial charge in [0.25, 0.3) is 0 Å². The van der Waals surface area contributed by atoms with Crippen molar-refractivity contribution >= 4 is 50.6 Å². The molecule has 12 heteroatoms. The van der Waals surface area contributed by atoms with E-state index in [2.05, 4.69) is 29.5 Å². The molecule has 3 saturated carbocycles. The highest BCUT2D eigenvalue weighted by Crippen LogP contribution is 2.57. The van der Waals surface area contributed by atoms with Gasteiger partial charge in [-0.05, 0) is 86.5 Å². The van der Waals surface area contributed by atoms with Crippen molar-refractivity contribution < 1.29 is 37.1 Å². The molecule has 8 rings (SSSR count). The summed E-state index contributed by atoms with van der Waals surface area (Å²) in [4.78, 5) is 63.7. The fraction of sp³-hybridized carbons (Fsp3) is 0.511. The van der Waals surface area contributed by atoms with Crippen molar-refractivity contribution in [2.24, 2.45) is 29.1 Å². The second-order valence-corrected chi connectivity index (χ2v) is 19.7. The van der Waals surface area contributed by atoms with E-state index < -0.39 is 50.6 Å². The van der Waals surface area contributed by atoms with Crippen LogP contribution in [0.1, 0.15) is 95.1 Å². The van der Waals surface area contributed by atoms with E-state index >= 15 is 4.79 Å². The molecule has 2 aliphatic heterocycles. The van der Waals surface area contributed by atoms with Crippen molar-refractivity contribution in [2.75, 3.05) is 13.2 Å². The number of pyridine rings is 1. The molecule has 6 atom stereocenters. The molecule has 1 unspecified atom stereocenters. The number of esters is 1. The molecule has 0 radical (unpaired) electrons.